The molecule has 1 N–H and O–H groups in total. The van der Waals surface area contributed by atoms with Crippen LogP contribution in [0.15, 0.2) is 4.52 Å². The molecule has 0 saturated carbocycles. The molecule has 0 aromatic carbocycles. The van der Waals surface area contributed by atoms with Gasteiger partial charge in [-0.3, -0.25) is 4.68 Å². The number of nitrogens with one attached hydrogen (secondary N) is 1. The summed E-state index contributed by atoms with van der Waals surface area (Å²) in [5, 5.41) is 12.6. The summed E-state index contributed by atoms with van der Waals surface area (Å²) in [6.07, 6.45) is 4.09. The van der Waals surface area contributed by atoms with Gasteiger partial charge >= 0.3 is 0 Å². The van der Waals surface area contributed by atoms with E-state index in [9.17, 15) is 0 Å². The van der Waals surface area contributed by atoms with Gasteiger partial charge in [0.25, 0.3) is 0 Å². The summed E-state index contributed by atoms with van der Waals surface area (Å²) in [6.45, 7) is 5.04. The second kappa shape index (κ2) is 4.20. The summed E-state index contributed by atoms with van der Waals surface area (Å²) in [5.41, 5.74) is 6.09. The quantitative estimate of drug-likeness (QED) is 0.845. The van der Waals surface area contributed by atoms with Gasteiger partial charge in [-0.05, 0) is 12.8 Å². The first-order valence-corrected chi connectivity index (χ1v) is 7.15. The van der Waals surface area contributed by atoms with Gasteiger partial charge in [0, 0.05) is 43.6 Å². The lowest BCUT2D eigenvalue weighted by molar-refractivity contribution is 0.385. The average molecular weight is 258 g/mol. The Hall–Kier alpha value is -1.62. The van der Waals surface area contributed by atoms with E-state index < -0.39 is 0 Å². The van der Waals surface area contributed by atoms with Crippen molar-refractivity contribution in [2.45, 2.75) is 45.7 Å². The van der Waals surface area contributed by atoms with E-state index in [4.69, 9.17) is 9.62 Å². The maximum Gasteiger partial charge on any atom is 0.140 e. The minimum absolute atomic E-state index is 0.901. The third kappa shape index (κ3) is 1.57. The predicted molar refractivity (Wildman–Crippen MR) is 70.8 cm³/mol. The molecule has 2 aromatic heterocycles. The molecule has 0 atom stereocenters. The van der Waals surface area contributed by atoms with Gasteiger partial charge in [-0.2, -0.15) is 5.10 Å². The van der Waals surface area contributed by atoms with Crippen LogP contribution < -0.4 is 5.32 Å². The molecule has 2 aliphatic heterocycles. The zero-order valence-electron chi connectivity index (χ0n) is 11.2. The van der Waals surface area contributed by atoms with Gasteiger partial charge in [0.05, 0.1) is 11.4 Å². The van der Waals surface area contributed by atoms with Gasteiger partial charge in [0.1, 0.15) is 11.5 Å². The summed E-state index contributed by atoms with van der Waals surface area (Å²) >= 11 is 0. The summed E-state index contributed by atoms with van der Waals surface area (Å²) in [5.74, 6) is 1.04. The first kappa shape index (κ1) is 11.2. The topological polar surface area (TPSA) is 55.9 Å². The highest BCUT2D eigenvalue weighted by Crippen LogP contribution is 2.34. The molecular formula is C14H18N4O. The fourth-order valence-electron chi connectivity index (χ4n) is 3.25. The minimum Gasteiger partial charge on any atom is -0.360 e. The maximum atomic E-state index is 5.53. The standard InChI is InChI=1S/C14H18N4O/c1-2-12-9-4-3-7-18-14(13(9)17-19-12)10-8-15-6-5-11(10)16-18/h15H,2-8H2,1H3. The van der Waals surface area contributed by atoms with Gasteiger partial charge in [-0.25, -0.2) is 0 Å². The van der Waals surface area contributed by atoms with E-state index in [0.29, 0.717) is 0 Å². The Morgan fingerprint density at radius 2 is 2.26 bits per heavy atom. The molecule has 0 amide bonds. The Morgan fingerprint density at radius 1 is 1.32 bits per heavy atom. The van der Waals surface area contributed by atoms with E-state index in [1.807, 2.05) is 0 Å². The van der Waals surface area contributed by atoms with Crippen molar-refractivity contribution in [3.63, 3.8) is 0 Å². The third-order valence-corrected chi connectivity index (χ3v) is 4.19. The molecule has 4 rings (SSSR count). The third-order valence-electron chi connectivity index (χ3n) is 4.19. The lowest BCUT2D eigenvalue weighted by Crippen LogP contribution is -2.23. The van der Waals surface area contributed by atoms with E-state index in [1.165, 1.54) is 22.5 Å². The van der Waals surface area contributed by atoms with E-state index in [-0.39, 0.29) is 0 Å². The van der Waals surface area contributed by atoms with Crippen LogP contribution in [0, 0.1) is 0 Å². The molecule has 0 saturated heterocycles. The molecular weight excluding hydrogens is 240 g/mol. The lowest BCUT2D eigenvalue weighted by Gasteiger charge is -2.12. The second-order valence-corrected chi connectivity index (χ2v) is 5.31. The molecule has 5 heteroatoms. The van der Waals surface area contributed by atoms with Crippen molar-refractivity contribution in [1.29, 1.82) is 0 Å². The van der Waals surface area contributed by atoms with E-state index in [2.05, 4.69) is 22.1 Å². The highest BCUT2D eigenvalue weighted by atomic mass is 16.5. The average Bonchev–Trinajstić information content (AvgIpc) is 2.95. The molecule has 100 valence electrons. The van der Waals surface area contributed by atoms with Crippen molar-refractivity contribution in [1.82, 2.24) is 20.3 Å². The molecule has 0 radical (unpaired) electrons. The first-order valence-electron chi connectivity index (χ1n) is 7.15. The molecule has 0 fully saturated rings. The normalized spacial score (nSPS) is 17.5. The Labute approximate surface area is 112 Å². The van der Waals surface area contributed by atoms with E-state index in [1.54, 1.807) is 0 Å². The molecule has 0 spiro atoms. The molecule has 2 aromatic rings. The van der Waals surface area contributed by atoms with Gasteiger partial charge in [-0.1, -0.05) is 12.1 Å². The van der Waals surface area contributed by atoms with Gasteiger partial charge < -0.3 is 9.84 Å². The summed E-state index contributed by atoms with van der Waals surface area (Å²) < 4.78 is 7.67. The van der Waals surface area contributed by atoms with Crippen molar-refractivity contribution >= 4 is 0 Å². The molecule has 0 bridgehead atoms. The number of aryl methyl sites for hydroxylation is 2. The van der Waals surface area contributed by atoms with Crippen LogP contribution in [-0.2, 0) is 32.4 Å². The number of rotatable bonds is 1. The zero-order valence-corrected chi connectivity index (χ0v) is 11.2. The van der Waals surface area contributed by atoms with Crippen molar-refractivity contribution in [3.8, 4) is 11.4 Å². The minimum atomic E-state index is 0.901. The zero-order chi connectivity index (χ0) is 12.8. The number of hydrogen-bond acceptors (Lipinski definition) is 4. The van der Waals surface area contributed by atoms with Crippen LogP contribution in [0.4, 0.5) is 0 Å². The second-order valence-electron chi connectivity index (χ2n) is 5.31. The van der Waals surface area contributed by atoms with E-state index in [0.717, 1.165) is 56.8 Å². The highest BCUT2D eigenvalue weighted by molar-refractivity contribution is 5.66. The van der Waals surface area contributed by atoms with E-state index >= 15 is 0 Å². The fourth-order valence-corrected chi connectivity index (χ4v) is 3.25. The Kier molecular flexibility index (Phi) is 2.48. The van der Waals surface area contributed by atoms with Crippen LogP contribution in [0.25, 0.3) is 11.4 Å². The monoisotopic (exact) mass is 258 g/mol. The molecule has 19 heavy (non-hydrogen) atoms. The van der Waals surface area contributed by atoms with Crippen LogP contribution in [-0.4, -0.2) is 21.5 Å². The van der Waals surface area contributed by atoms with Crippen molar-refractivity contribution < 1.29 is 4.52 Å². The van der Waals surface area contributed by atoms with Crippen LogP contribution in [0.2, 0.25) is 0 Å². The molecule has 2 aliphatic rings. The lowest BCUT2D eigenvalue weighted by atomic mass is 10.0. The molecule has 5 nitrogen and oxygen atoms in total. The predicted octanol–water partition coefficient (Wildman–Crippen LogP) is 1.69. The van der Waals surface area contributed by atoms with Crippen molar-refractivity contribution in [3.05, 3.63) is 22.6 Å². The van der Waals surface area contributed by atoms with Gasteiger partial charge in [0.15, 0.2) is 0 Å². The number of hydrogen-bond donors (Lipinski definition) is 1. The first-order chi connectivity index (χ1) is 9.38. The summed E-state index contributed by atoms with van der Waals surface area (Å²) in [6, 6.07) is 0. The van der Waals surface area contributed by atoms with Crippen LogP contribution in [0.3, 0.4) is 0 Å². The summed E-state index contributed by atoms with van der Waals surface area (Å²) in [4.78, 5) is 0. The van der Waals surface area contributed by atoms with Crippen LogP contribution in [0.1, 0.15) is 35.9 Å². The van der Waals surface area contributed by atoms with Crippen molar-refractivity contribution in [2.24, 2.45) is 0 Å². The number of fused-ring (bicyclic) bond motifs is 5. The van der Waals surface area contributed by atoms with Gasteiger partial charge in [0.2, 0.25) is 0 Å². The molecule has 4 heterocycles. The largest absolute Gasteiger partial charge is 0.360 e. The highest BCUT2D eigenvalue weighted by Gasteiger charge is 2.28. The smallest absolute Gasteiger partial charge is 0.140 e. The molecule has 0 aliphatic carbocycles. The molecule has 0 unspecified atom stereocenters. The number of aromatic nitrogens is 3. The van der Waals surface area contributed by atoms with Crippen LogP contribution in [0.5, 0.6) is 0 Å². The fraction of sp³-hybridized carbons (Fsp3) is 0.571. The number of nitrogens with zero attached hydrogens (tertiary/aromatic N) is 3. The SMILES string of the molecule is CCc1onc2c1CCCn1nc3c(c1-2)CNCC3. The van der Waals surface area contributed by atoms with Crippen molar-refractivity contribution in [2.75, 3.05) is 6.54 Å². The summed E-state index contributed by atoms with van der Waals surface area (Å²) in [7, 11) is 0. The Balaban J connectivity index is 1.95. The van der Waals surface area contributed by atoms with Gasteiger partial charge in [-0.15, -0.1) is 0 Å². The Morgan fingerprint density at radius 3 is 3.16 bits per heavy atom. The maximum absolute atomic E-state index is 5.53. The van der Waals surface area contributed by atoms with Crippen LogP contribution >= 0.6 is 0 Å². The Bertz CT molecular complexity index is 626.